The summed E-state index contributed by atoms with van der Waals surface area (Å²) in [5.41, 5.74) is 2.58. The summed E-state index contributed by atoms with van der Waals surface area (Å²) in [6.07, 6.45) is 1.51. The minimum atomic E-state index is -0.609. The molecule has 0 unspecified atom stereocenters. The van der Waals surface area contributed by atoms with E-state index in [0.717, 1.165) is 23.1 Å². The largest absolute Gasteiger partial charge is 0.487 e. The zero-order valence-corrected chi connectivity index (χ0v) is 24.4. The van der Waals surface area contributed by atoms with Crippen molar-refractivity contribution < 1.29 is 19.1 Å². The summed E-state index contributed by atoms with van der Waals surface area (Å²) in [4.78, 5) is 26.4. The molecule has 9 heteroatoms. The van der Waals surface area contributed by atoms with Gasteiger partial charge in [-0.3, -0.25) is 4.79 Å². The quantitative estimate of drug-likeness (QED) is 0.119. The number of thiophene rings is 1. The number of aryl methyl sites for hydroxylation is 1. The smallest absolute Gasteiger partial charge is 0.341 e. The minimum absolute atomic E-state index is 0.106. The van der Waals surface area contributed by atoms with Crippen molar-refractivity contribution in [2.24, 2.45) is 0 Å². The summed E-state index contributed by atoms with van der Waals surface area (Å²) in [5.74, 6) is -0.525. The fourth-order valence-corrected chi connectivity index (χ4v) is 6.30. The number of benzene rings is 2. The van der Waals surface area contributed by atoms with Crippen molar-refractivity contribution in [3.63, 3.8) is 0 Å². The number of nitrogens with one attached hydrogen (secondary N) is 1. The highest BCUT2D eigenvalue weighted by atomic mass is 127. The van der Waals surface area contributed by atoms with Crippen molar-refractivity contribution in [1.29, 1.82) is 5.26 Å². The van der Waals surface area contributed by atoms with Crippen LogP contribution < -0.4 is 10.1 Å². The molecule has 1 amide bonds. The standard InChI is InChI=1S/C26H22I2N2O4S/c1-4-33-26(32)22-15(2)16(3)35-25(22)30-24(31)19(13-29)10-18-11-20(27)12-21(28)23(18)34-14-17-8-6-5-7-9-17/h5-12H,4,14H2,1-3H3,(H,30,31)/b19-10+. The first kappa shape index (κ1) is 27.2. The van der Waals surface area contributed by atoms with Gasteiger partial charge in [0.1, 0.15) is 29.0 Å². The molecule has 0 atom stereocenters. The monoisotopic (exact) mass is 712 g/mol. The molecule has 3 rings (SSSR count). The molecule has 0 saturated carbocycles. The van der Waals surface area contributed by atoms with E-state index in [-0.39, 0.29) is 12.2 Å². The average molecular weight is 712 g/mol. The fraction of sp³-hybridized carbons (Fsp3) is 0.192. The zero-order chi connectivity index (χ0) is 25.5. The Labute approximate surface area is 235 Å². The van der Waals surface area contributed by atoms with Crippen molar-refractivity contribution in [2.45, 2.75) is 27.4 Å². The second-order valence-electron chi connectivity index (χ2n) is 7.41. The molecular formula is C26H22I2N2O4S. The lowest BCUT2D eigenvalue weighted by molar-refractivity contribution is -0.112. The van der Waals surface area contributed by atoms with Gasteiger partial charge in [0, 0.05) is 14.0 Å². The van der Waals surface area contributed by atoms with E-state index in [1.807, 2.05) is 55.5 Å². The van der Waals surface area contributed by atoms with Gasteiger partial charge in [0.2, 0.25) is 0 Å². The maximum Gasteiger partial charge on any atom is 0.341 e. The predicted molar refractivity (Wildman–Crippen MR) is 155 cm³/mol. The SMILES string of the molecule is CCOC(=O)c1c(NC(=O)/C(C#N)=C/c2cc(I)cc(I)c2OCc2ccccc2)sc(C)c1C. The number of rotatable bonds is 8. The highest BCUT2D eigenvalue weighted by molar-refractivity contribution is 14.1. The summed E-state index contributed by atoms with van der Waals surface area (Å²) in [6.45, 7) is 5.97. The molecule has 2 aromatic carbocycles. The fourth-order valence-electron chi connectivity index (χ4n) is 3.21. The van der Waals surface area contributed by atoms with Crippen molar-refractivity contribution in [2.75, 3.05) is 11.9 Å². The maximum absolute atomic E-state index is 13.1. The molecule has 3 aromatic rings. The molecule has 0 spiro atoms. The van der Waals surface area contributed by atoms with E-state index in [9.17, 15) is 14.9 Å². The highest BCUT2D eigenvalue weighted by Crippen LogP contribution is 2.34. The molecule has 6 nitrogen and oxygen atoms in total. The third-order valence-electron chi connectivity index (χ3n) is 5.02. The number of hydrogen-bond acceptors (Lipinski definition) is 6. The van der Waals surface area contributed by atoms with Crippen LogP contribution >= 0.6 is 56.5 Å². The van der Waals surface area contributed by atoms with Gasteiger partial charge < -0.3 is 14.8 Å². The van der Waals surface area contributed by atoms with E-state index < -0.39 is 11.9 Å². The van der Waals surface area contributed by atoms with Gasteiger partial charge in [-0.15, -0.1) is 11.3 Å². The Morgan fingerprint density at radius 1 is 1.17 bits per heavy atom. The van der Waals surface area contributed by atoms with Gasteiger partial charge in [0.15, 0.2) is 0 Å². The van der Waals surface area contributed by atoms with Crippen molar-refractivity contribution in [1.82, 2.24) is 0 Å². The van der Waals surface area contributed by atoms with E-state index in [1.54, 1.807) is 13.8 Å². The number of nitrogens with zero attached hydrogens (tertiary/aromatic N) is 1. The number of esters is 1. The van der Waals surface area contributed by atoms with Crippen molar-refractivity contribution in [3.8, 4) is 11.8 Å². The van der Waals surface area contributed by atoms with Crippen LogP contribution in [0.2, 0.25) is 0 Å². The number of amides is 1. The van der Waals surface area contributed by atoms with Crippen LogP contribution in [0.4, 0.5) is 5.00 Å². The number of carbonyl (C=O) groups excluding carboxylic acids is 2. The molecule has 0 saturated heterocycles. The van der Waals surface area contributed by atoms with Crippen molar-refractivity contribution in [3.05, 3.63) is 82.3 Å². The first-order valence-electron chi connectivity index (χ1n) is 10.6. The summed E-state index contributed by atoms with van der Waals surface area (Å²) < 4.78 is 13.1. The molecule has 0 fully saturated rings. The average Bonchev–Trinajstić information content (AvgIpc) is 3.10. The molecular weight excluding hydrogens is 690 g/mol. The van der Waals surface area contributed by atoms with Crippen LogP contribution in [0.1, 0.15) is 38.8 Å². The Bertz CT molecular complexity index is 1330. The lowest BCUT2D eigenvalue weighted by Gasteiger charge is -2.13. The number of ether oxygens (including phenoxy) is 2. The number of halogens is 2. The van der Waals surface area contributed by atoms with E-state index in [2.05, 4.69) is 50.5 Å². The molecule has 180 valence electrons. The number of hydrogen-bond donors (Lipinski definition) is 1. The number of nitriles is 1. The van der Waals surface area contributed by atoms with Crippen LogP contribution in [0.25, 0.3) is 6.08 Å². The lowest BCUT2D eigenvalue weighted by Crippen LogP contribution is -2.16. The van der Waals surface area contributed by atoms with Crippen LogP contribution in [0.15, 0.2) is 48.0 Å². The van der Waals surface area contributed by atoms with Gasteiger partial charge >= 0.3 is 5.97 Å². The molecule has 0 aliphatic heterocycles. The zero-order valence-electron chi connectivity index (χ0n) is 19.3. The van der Waals surface area contributed by atoms with Crippen LogP contribution in [-0.2, 0) is 16.1 Å². The van der Waals surface area contributed by atoms with Gasteiger partial charge in [-0.25, -0.2) is 4.79 Å². The maximum atomic E-state index is 13.1. The second-order valence-corrected chi connectivity index (χ2v) is 11.0. The third-order valence-corrected chi connectivity index (χ3v) is 7.57. The highest BCUT2D eigenvalue weighted by Gasteiger charge is 2.23. The van der Waals surface area contributed by atoms with Crippen molar-refractivity contribution >= 4 is 79.5 Å². The third kappa shape index (κ3) is 6.83. The molecule has 1 aromatic heterocycles. The van der Waals surface area contributed by atoms with Gasteiger partial charge in [-0.05, 0) is 95.3 Å². The Hall–Kier alpha value is -2.43. The molecule has 0 aliphatic carbocycles. The van der Waals surface area contributed by atoms with E-state index >= 15 is 0 Å². The van der Waals surface area contributed by atoms with Gasteiger partial charge in [-0.1, -0.05) is 30.3 Å². The Morgan fingerprint density at radius 2 is 1.89 bits per heavy atom. The number of anilines is 1. The summed E-state index contributed by atoms with van der Waals surface area (Å²) in [5, 5.41) is 12.9. The van der Waals surface area contributed by atoms with Crippen LogP contribution in [-0.4, -0.2) is 18.5 Å². The Balaban J connectivity index is 1.93. The minimum Gasteiger partial charge on any atom is -0.487 e. The van der Waals surface area contributed by atoms with E-state index in [1.165, 1.54) is 17.4 Å². The van der Waals surface area contributed by atoms with Gasteiger partial charge in [-0.2, -0.15) is 5.26 Å². The van der Waals surface area contributed by atoms with Crippen LogP contribution in [0.3, 0.4) is 0 Å². The lowest BCUT2D eigenvalue weighted by atomic mass is 10.1. The molecule has 0 aliphatic rings. The summed E-state index contributed by atoms with van der Waals surface area (Å²) in [6, 6.07) is 15.6. The summed E-state index contributed by atoms with van der Waals surface area (Å²) in [7, 11) is 0. The van der Waals surface area contributed by atoms with Crippen LogP contribution in [0.5, 0.6) is 5.75 Å². The molecule has 0 bridgehead atoms. The first-order chi connectivity index (χ1) is 16.7. The molecule has 0 radical (unpaired) electrons. The molecule has 35 heavy (non-hydrogen) atoms. The van der Waals surface area contributed by atoms with Crippen LogP contribution in [0, 0.1) is 32.3 Å². The predicted octanol–water partition coefficient (Wildman–Crippen LogP) is 6.88. The first-order valence-corrected chi connectivity index (χ1v) is 13.6. The number of carbonyl (C=O) groups is 2. The Kier molecular flexibility index (Phi) is 9.71. The van der Waals surface area contributed by atoms with Gasteiger partial charge in [0.25, 0.3) is 5.91 Å². The topological polar surface area (TPSA) is 88.4 Å². The van der Waals surface area contributed by atoms with E-state index in [4.69, 9.17) is 9.47 Å². The second kappa shape index (κ2) is 12.5. The summed E-state index contributed by atoms with van der Waals surface area (Å²) >= 11 is 5.64. The van der Waals surface area contributed by atoms with Gasteiger partial charge in [0.05, 0.1) is 15.7 Å². The normalized spacial score (nSPS) is 11.0. The van der Waals surface area contributed by atoms with E-state index in [0.29, 0.717) is 28.5 Å². The Morgan fingerprint density at radius 3 is 2.54 bits per heavy atom. The molecule has 1 N–H and O–H groups in total. The molecule has 1 heterocycles.